The first-order valence-corrected chi connectivity index (χ1v) is 12.2. The van der Waals surface area contributed by atoms with Crippen LogP contribution in [0.3, 0.4) is 0 Å². The number of nitrogens with two attached hydrogens (primary N) is 2. The summed E-state index contributed by atoms with van der Waals surface area (Å²) < 4.78 is 9.17. The smallest absolute Gasteiger partial charge is 0.270 e. The van der Waals surface area contributed by atoms with Crippen LogP contribution in [0.5, 0.6) is 11.5 Å². The molecule has 6 N–H and O–H groups in total. The average molecular weight is 518 g/mol. The van der Waals surface area contributed by atoms with Gasteiger partial charge in [-0.25, -0.2) is 0 Å². The molecule has 35 heavy (non-hydrogen) atoms. The number of benzene rings is 1. The Kier molecular flexibility index (Phi) is 7.66. The number of nitrogens with one attached hydrogen (secondary N) is 1. The van der Waals surface area contributed by atoms with E-state index in [0.717, 1.165) is 16.4 Å². The zero-order valence-corrected chi connectivity index (χ0v) is 21.3. The molecule has 10 nitrogen and oxygen atoms in total. The fourth-order valence-electron chi connectivity index (χ4n) is 3.39. The van der Waals surface area contributed by atoms with Crippen LogP contribution in [0.15, 0.2) is 35.7 Å². The van der Waals surface area contributed by atoms with Crippen LogP contribution in [0, 0.1) is 0 Å². The van der Waals surface area contributed by atoms with Crippen molar-refractivity contribution in [2.45, 2.75) is 38.9 Å². The van der Waals surface area contributed by atoms with Crippen LogP contribution in [0.1, 0.15) is 57.4 Å². The number of amides is 3. The second-order valence-corrected chi connectivity index (χ2v) is 10.5. The lowest BCUT2D eigenvalue weighted by Gasteiger charge is -2.33. The molecule has 0 unspecified atom stereocenters. The number of primary amides is 1. The van der Waals surface area contributed by atoms with Crippen molar-refractivity contribution < 1.29 is 24.2 Å². The molecule has 0 radical (unpaired) electrons. The monoisotopic (exact) mass is 517 g/mol. The number of rotatable bonds is 8. The van der Waals surface area contributed by atoms with Gasteiger partial charge in [-0.2, -0.15) is 4.37 Å². The number of nitrogens with zero attached hydrogens (tertiary/aromatic N) is 2. The van der Waals surface area contributed by atoms with E-state index < -0.39 is 29.3 Å². The van der Waals surface area contributed by atoms with E-state index in [1.54, 1.807) is 6.07 Å². The van der Waals surface area contributed by atoms with Crippen molar-refractivity contribution in [3.8, 4) is 11.5 Å². The van der Waals surface area contributed by atoms with E-state index >= 15 is 0 Å². The van der Waals surface area contributed by atoms with E-state index in [0.29, 0.717) is 5.56 Å². The van der Waals surface area contributed by atoms with E-state index in [4.69, 9.17) is 16.2 Å². The third-order valence-electron chi connectivity index (χ3n) is 4.90. The highest BCUT2D eigenvalue weighted by Crippen LogP contribution is 2.35. The van der Waals surface area contributed by atoms with Crippen LogP contribution in [0.2, 0.25) is 0 Å². The van der Waals surface area contributed by atoms with Crippen molar-refractivity contribution in [2.75, 3.05) is 12.8 Å². The number of anilines is 1. The molecule has 3 aromatic rings. The van der Waals surface area contributed by atoms with Crippen LogP contribution >= 0.6 is 22.9 Å². The van der Waals surface area contributed by atoms with Gasteiger partial charge in [-0.15, -0.1) is 11.3 Å². The summed E-state index contributed by atoms with van der Waals surface area (Å²) in [5.41, 5.74) is 10.8. The first kappa shape index (κ1) is 26.0. The van der Waals surface area contributed by atoms with Gasteiger partial charge in [0, 0.05) is 10.4 Å². The van der Waals surface area contributed by atoms with Crippen LogP contribution in [0.25, 0.3) is 0 Å². The number of ether oxygens (including phenoxy) is 1. The summed E-state index contributed by atoms with van der Waals surface area (Å²) in [7, 11) is 1.39. The van der Waals surface area contributed by atoms with E-state index in [1.807, 2.05) is 38.3 Å². The molecule has 0 aliphatic carbocycles. The largest absolute Gasteiger partial charge is 0.504 e. The third-order valence-corrected chi connectivity index (χ3v) is 6.61. The van der Waals surface area contributed by atoms with Crippen molar-refractivity contribution in [3.05, 3.63) is 56.7 Å². The van der Waals surface area contributed by atoms with Crippen LogP contribution in [-0.4, -0.2) is 44.8 Å². The maximum atomic E-state index is 13.8. The molecule has 0 saturated carbocycles. The predicted molar refractivity (Wildman–Crippen MR) is 135 cm³/mol. The summed E-state index contributed by atoms with van der Waals surface area (Å²) in [5, 5.41) is 14.9. The minimum absolute atomic E-state index is 0.00495. The fraction of sp³-hybridized carbons (Fsp3) is 0.304. The number of carbonyl (C=O) groups is 3. The Bertz CT molecular complexity index is 1230. The van der Waals surface area contributed by atoms with Gasteiger partial charge in [-0.05, 0) is 61.4 Å². The molecule has 0 saturated heterocycles. The number of hydrogen-bond acceptors (Lipinski definition) is 9. The Morgan fingerprint density at radius 1 is 1.26 bits per heavy atom. The molecule has 0 spiro atoms. The number of hydrogen-bond donors (Lipinski definition) is 4. The van der Waals surface area contributed by atoms with E-state index in [1.165, 1.54) is 35.5 Å². The number of methoxy groups -OCH3 is 1. The summed E-state index contributed by atoms with van der Waals surface area (Å²) in [6.07, 6.45) is 0. The number of thiophene rings is 1. The molecule has 0 aliphatic rings. The topological polar surface area (TPSA) is 161 Å². The molecule has 3 rings (SSSR count). The van der Waals surface area contributed by atoms with Crippen molar-refractivity contribution in [3.63, 3.8) is 0 Å². The Labute approximate surface area is 210 Å². The van der Waals surface area contributed by atoms with Crippen molar-refractivity contribution in [1.82, 2.24) is 14.6 Å². The summed E-state index contributed by atoms with van der Waals surface area (Å²) in [6.45, 7) is 5.55. The second kappa shape index (κ2) is 10.3. The molecular weight excluding hydrogens is 490 g/mol. The van der Waals surface area contributed by atoms with Crippen molar-refractivity contribution >= 4 is 46.3 Å². The van der Waals surface area contributed by atoms with Crippen LogP contribution in [0.4, 0.5) is 5.69 Å². The standard InChI is InChI=1S/C23H27N5O5S2/c1-23(2,3)26-21(31)18(12-7-8-14(29)15(10-12)33-4)28(11-13-6-5-9-34-13)22(32)19-16(24)17(20(25)30)27-35-19/h5-10,18,29H,11,24H2,1-4H3,(H2,25,30)(H,26,31)/t18-/m1/s1. The first-order valence-electron chi connectivity index (χ1n) is 10.5. The van der Waals surface area contributed by atoms with Crippen LogP contribution in [-0.2, 0) is 11.3 Å². The van der Waals surface area contributed by atoms with E-state index in [9.17, 15) is 19.5 Å². The Morgan fingerprint density at radius 2 is 1.97 bits per heavy atom. The van der Waals surface area contributed by atoms with Gasteiger partial charge in [0.05, 0.1) is 19.3 Å². The molecule has 2 heterocycles. The molecule has 3 amide bonds. The number of phenols is 1. The maximum Gasteiger partial charge on any atom is 0.270 e. The Hall–Kier alpha value is -3.64. The van der Waals surface area contributed by atoms with Gasteiger partial charge in [0.1, 0.15) is 10.9 Å². The maximum absolute atomic E-state index is 13.8. The fourth-order valence-corrected chi connectivity index (χ4v) is 4.85. The Morgan fingerprint density at radius 3 is 2.51 bits per heavy atom. The highest BCUT2D eigenvalue weighted by atomic mass is 32.1. The summed E-state index contributed by atoms with van der Waals surface area (Å²) in [5.74, 6) is -1.86. The average Bonchev–Trinajstić information content (AvgIpc) is 3.42. The van der Waals surface area contributed by atoms with Gasteiger partial charge in [-0.1, -0.05) is 12.1 Å². The normalized spacial score (nSPS) is 12.1. The SMILES string of the molecule is COc1cc([C@H](C(=O)NC(C)(C)C)N(Cc2cccs2)C(=O)c2snc(C(N)=O)c2N)ccc1O. The zero-order valence-electron chi connectivity index (χ0n) is 19.7. The second-order valence-electron chi connectivity index (χ2n) is 8.72. The molecular formula is C23H27N5O5S2. The van der Waals surface area contributed by atoms with Gasteiger partial charge in [-0.3, -0.25) is 14.4 Å². The molecule has 0 aliphatic heterocycles. The van der Waals surface area contributed by atoms with E-state index in [2.05, 4.69) is 9.69 Å². The van der Waals surface area contributed by atoms with Gasteiger partial charge in [0.25, 0.3) is 11.8 Å². The minimum Gasteiger partial charge on any atom is -0.504 e. The molecule has 0 bridgehead atoms. The lowest BCUT2D eigenvalue weighted by molar-refractivity contribution is -0.127. The van der Waals surface area contributed by atoms with Gasteiger partial charge >= 0.3 is 0 Å². The molecule has 12 heteroatoms. The lowest BCUT2D eigenvalue weighted by Crippen LogP contribution is -2.49. The van der Waals surface area contributed by atoms with Gasteiger partial charge < -0.3 is 31.5 Å². The minimum atomic E-state index is -1.13. The number of aromatic nitrogens is 1. The summed E-state index contributed by atoms with van der Waals surface area (Å²) >= 11 is 2.16. The Balaban J connectivity index is 2.18. The van der Waals surface area contributed by atoms with Crippen LogP contribution < -0.4 is 21.5 Å². The highest BCUT2D eigenvalue weighted by Gasteiger charge is 2.36. The highest BCUT2D eigenvalue weighted by molar-refractivity contribution is 7.10. The quantitative estimate of drug-likeness (QED) is 0.357. The van der Waals surface area contributed by atoms with Crippen molar-refractivity contribution in [1.29, 1.82) is 0 Å². The molecule has 1 aromatic carbocycles. The molecule has 1 atom stereocenters. The van der Waals surface area contributed by atoms with Gasteiger partial charge in [0.15, 0.2) is 17.2 Å². The number of nitrogen functional groups attached to an aromatic ring is 1. The first-order chi connectivity index (χ1) is 16.4. The third kappa shape index (κ3) is 5.89. The van der Waals surface area contributed by atoms with E-state index in [-0.39, 0.29) is 34.3 Å². The van der Waals surface area contributed by atoms with Crippen molar-refractivity contribution in [2.24, 2.45) is 5.73 Å². The number of phenolic OH excluding ortho intramolecular Hbond substituents is 1. The molecule has 2 aromatic heterocycles. The zero-order chi connectivity index (χ0) is 25.9. The molecule has 186 valence electrons. The molecule has 0 fully saturated rings. The number of carbonyl (C=O) groups excluding carboxylic acids is 3. The lowest BCUT2D eigenvalue weighted by atomic mass is 10.0. The predicted octanol–water partition coefficient (Wildman–Crippen LogP) is 2.90. The van der Waals surface area contributed by atoms with Gasteiger partial charge in [0.2, 0.25) is 5.91 Å². The summed E-state index contributed by atoms with van der Waals surface area (Å²) in [4.78, 5) is 41.3. The number of aromatic hydroxyl groups is 1. The summed E-state index contributed by atoms with van der Waals surface area (Å²) in [6, 6.07) is 6.99.